The van der Waals surface area contributed by atoms with Crippen molar-refractivity contribution < 1.29 is 4.57 Å². The summed E-state index contributed by atoms with van der Waals surface area (Å²) in [5, 5.41) is 0. The van der Waals surface area contributed by atoms with Gasteiger partial charge in [-0.05, 0) is 0 Å². The fraction of sp³-hybridized carbons (Fsp3) is 0.385. The van der Waals surface area contributed by atoms with E-state index in [9.17, 15) is 0 Å². The Morgan fingerprint density at radius 3 is 2.75 bits per heavy atom. The van der Waals surface area contributed by atoms with E-state index < -0.39 is 6.28 Å². The molecular weight excluding hydrogens is 251 g/mol. The molecule has 0 radical (unpaired) electrons. The summed E-state index contributed by atoms with van der Waals surface area (Å²) >= 11 is 0. The number of hydrogen-bond acceptors (Lipinski definition) is 3. The first-order chi connectivity index (χ1) is 9.73. The molecule has 0 aliphatic carbocycles. The summed E-state index contributed by atoms with van der Waals surface area (Å²) in [5.74, 6) is 0.933. The van der Waals surface area contributed by atoms with Gasteiger partial charge < -0.3 is 4.48 Å². The van der Waals surface area contributed by atoms with E-state index in [1.807, 2.05) is 6.33 Å². The molecular formula is C13H17BN6. The Morgan fingerprint density at radius 1 is 1.20 bits per heavy atom. The van der Waals surface area contributed by atoms with E-state index in [4.69, 9.17) is 0 Å². The van der Waals surface area contributed by atoms with Crippen LogP contribution < -0.4 is 10.3 Å². The van der Waals surface area contributed by atoms with Gasteiger partial charge in [-0.15, -0.1) is 0 Å². The lowest BCUT2D eigenvalue weighted by Gasteiger charge is -2.39. The molecule has 1 aliphatic rings. The third-order valence-corrected chi connectivity index (χ3v) is 4.99. The molecule has 0 N–H and O–H groups in total. The number of aromatic nitrogens is 6. The third-order valence-electron chi connectivity index (χ3n) is 4.99. The molecule has 3 aromatic heterocycles. The van der Waals surface area contributed by atoms with Crippen molar-refractivity contribution in [1.82, 2.24) is 24.0 Å². The Bertz CT molecular complexity index is 813. The van der Waals surface area contributed by atoms with E-state index in [1.54, 1.807) is 6.33 Å². The minimum Gasteiger partial charge on any atom is -0.488 e. The molecule has 0 bridgehead atoms. The van der Waals surface area contributed by atoms with Crippen LogP contribution in [-0.4, -0.2) is 30.3 Å². The van der Waals surface area contributed by atoms with Gasteiger partial charge in [0.05, 0.1) is 13.4 Å². The summed E-state index contributed by atoms with van der Waals surface area (Å²) in [6.45, 7) is 4.50. The minimum absolute atomic E-state index is 0.783. The molecule has 0 saturated carbocycles. The first-order valence-electron chi connectivity index (χ1n) is 7.17. The maximum atomic E-state index is 4.49. The molecule has 0 unspecified atom stereocenters. The Hall–Kier alpha value is -2.18. The van der Waals surface area contributed by atoms with Crippen LogP contribution in [-0.2, 0) is 7.05 Å². The maximum Gasteiger partial charge on any atom is 0.248 e. The molecule has 0 amide bonds. The van der Waals surface area contributed by atoms with Crippen molar-refractivity contribution in [2.75, 3.05) is 0 Å². The monoisotopic (exact) mass is 268 g/mol. The van der Waals surface area contributed by atoms with Crippen LogP contribution in [0.5, 0.6) is 0 Å². The van der Waals surface area contributed by atoms with Crippen molar-refractivity contribution in [3.63, 3.8) is 0 Å². The van der Waals surface area contributed by atoms with Gasteiger partial charge in [-0.3, -0.25) is 4.57 Å². The van der Waals surface area contributed by atoms with Crippen molar-refractivity contribution in [2.45, 2.75) is 26.5 Å². The second-order valence-electron chi connectivity index (χ2n) is 5.67. The summed E-state index contributed by atoms with van der Waals surface area (Å²) < 4.78 is 6.74. The van der Waals surface area contributed by atoms with Crippen molar-refractivity contribution >= 4 is 23.2 Å². The lowest BCUT2D eigenvalue weighted by molar-refractivity contribution is -0.653. The number of nitrogens with zero attached hydrogens (tertiary/aromatic N) is 6. The quantitative estimate of drug-likeness (QED) is 0.502. The highest BCUT2D eigenvalue weighted by molar-refractivity contribution is 6.89. The van der Waals surface area contributed by atoms with Gasteiger partial charge in [-0.2, -0.15) is 17.6 Å². The van der Waals surface area contributed by atoms with E-state index >= 15 is 0 Å². The fourth-order valence-corrected chi connectivity index (χ4v) is 3.89. The molecule has 1 aliphatic heterocycles. The zero-order chi connectivity index (χ0) is 13.9. The first kappa shape index (κ1) is 11.6. The Kier molecular flexibility index (Phi) is 2.14. The van der Waals surface area contributed by atoms with Gasteiger partial charge in [0.25, 0.3) is 0 Å². The molecule has 0 saturated heterocycles. The second kappa shape index (κ2) is 3.68. The van der Waals surface area contributed by atoms with Crippen LogP contribution in [0.4, 0.5) is 0 Å². The van der Waals surface area contributed by atoms with Crippen LogP contribution >= 0.6 is 0 Å². The lowest BCUT2D eigenvalue weighted by atomic mass is 9.30. The van der Waals surface area contributed by atoms with E-state index in [1.165, 1.54) is 5.72 Å². The summed E-state index contributed by atoms with van der Waals surface area (Å²) in [5.41, 5.74) is 3.14. The number of hydrogen-bond donors (Lipinski definition) is 0. The third kappa shape index (κ3) is 1.12. The van der Waals surface area contributed by atoms with E-state index in [-0.39, 0.29) is 0 Å². The highest BCUT2D eigenvalue weighted by Gasteiger charge is 2.42. The van der Waals surface area contributed by atoms with Gasteiger partial charge in [0.1, 0.15) is 30.0 Å². The van der Waals surface area contributed by atoms with Crippen LogP contribution in [0.1, 0.15) is 13.8 Å². The average Bonchev–Trinajstić information content (AvgIpc) is 3.08. The van der Waals surface area contributed by atoms with Crippen LogP contribution in [0.3, 0.4) is 0 Å². The van der Waals surface area contributed by atoms with Crippen molar-refractivity contribution in [2.24, 2.45) is 7.05 Å². The molecule has 0 fully saturated rings. The van der Waals surface area contributed by atoms with Crippen LogP contribution in [0.25, 0.3) is 17.0 Å². The highest BCUT2D eigenvalue weighted by atomic mass is 15.2. The molecule has 4 rings (SSSR count). The van der Waals surface area contributed by atoms with Crippen LogP contribution in [0.15, 0.2) is 25.0 Å². The van der Waals surface area contributed by atoms with Gasteiger partial charge >= 0.3 is 0 Å². The molecule has 3 aromatic rings. The maximum absolute atomic E-state index is 4.49. The number of rotatable bonds is 2. The summed E-state index contributed by atoms with van der Waals surface area (Å²) in [7, 11) is 2.11. The topological polar surface area (TPSA) is 52.4 Å². The number of fused-ring (bicyclic) bond motifs is 2. The van der Waals surface area contributed by atoms with Crippen molar-refractivity contribution in [3.8, 4) is 5.82 Å². The predicted octanol–water partition coefficient (Wildman–Crippen LogP) is 0.495. The SMILES string of the molecule is CC[B-]1(CC)c2n(cc[n+]2C)-c2ncnc3ncn1c23. The first-order valence-corrected chi connectivity index (χ1v) is 7.17. The zero-order valence-corrected chi connectivity index (χ0v) is 12.0. The zero-order valence-electron chi connectivity index (χ0n) is 12.0. The Balaban J connectivity index is 2.24. The van der Waals surface area contributed by atoms with Gasteiger partial charge in [0.15, 0.2) is 5.65 Å². The van der Waals surface area contributed by atoms with Gasteiger partial charge in [0, 0.05) is 0 Å². The molecule has 0 aromatic carbocycles. The van der Waals surface area contributed by atoms with Gasteiger partial charge in [-0.1, -0.05) is 13.8 Å². The van der Waals surface area contributed by atoms with Crippen molar-refractivity contribution in [3.05, 3.63) is 25.0 Å². The van der Waals surface area contributed by atoms with Crippen LogP contribution in [0, 0.1) is 0 Å². The highest BCUT2D eigenvalue weighted by Crippen LogP contribution is 2.29. The molecule has 0 spiro atoms. The van der Waals surface area contributed by atoms with Crippen LogP contribution in [0.2, 0.25) is 12.6 Å². The molecule has 20 heavy (non-hydrogen) atoms. The second-order valence-corrected chi connectivity index (χ2v) is 5.67. The summed E-state index contributed by atoms with van der Waals surface area (Å²) in [6, 6.07) is 0. The Labute approximate surface area is 117 Å². The molecule has 0 atom stereocenters. The van der Waals surface area contributed by atoms with E-state index in [0.717, 1.165) is 29.6 Å². The Morgan fingerprint density at radius 2 is 2.00 bits per heavy atom. The molecule has 102 valence electrons. The average molecular weight is 268 g/mol. The molecule has 7 heteroatoms. The minimum atomic E-state index is -0.880. The number of aryl methyl sites for hydroxylation is 1. The lowest BCUT2D eigenvalue weighted by Crippen LogP contribution is -2.68. The largest absolute Gasteiger partial charge is 0.488 e. The van der Waals surface area contributed by atoms with Gasteiger partial charge in [-0.25, -0.2) is 14.5 Å². The smallest absolute Gasteiger partial charge is 0.248 e. The predicted molar refractivity (Wildman–Crippen MR) is 77.6 cm³/mol. The van der Waals surface area contributed by atoms with Crippen molar-refractivity contribution in [1.29, 1.82) is 0 Å². The summed E-state index contributed by atoms with van der Waals surface area (Å²) in [4.78, 5) is 13.3. The standard InChI is InChI=1S/C13H17BN6/c1-4-14(5-2)13-18(3)6-7-19(13)12-10-11(15-8-16-12)17-9-20(10)14/h6-9H,4-5H2,1-3H3. The van der Waals surface area contributed by atoms with Gasteiger partial charge in [0.2, 0.25) is 12.1 Å². The van der Waals surface area contributed by atoms with E-state index in [2.05, 4.69) is 61.9 Å². The van der Waals surface area contributed by atoms with E-state index in [0.29, 0.717) is 0 Å². The summed E-state index contributed by atoms with van der Waals surface area (Å²) in [6.07, 6.45) is 8.97. The molecule has 4 heterocycles. The number of imidazole rings is 2. The molecule has 6 nitrogen and oxygen atoms in total. The normalized spacial score (nSPS) is 15.6. The fourth-order valence-electron chi connectivity index (χ4n) is 3.89.